The molecule has 0 aliphatic heterocycles. The molecule has 0 nitrogen and oxygen atoms in total. The number of benzene rings is 4. The van der Waals surface area contributed by atoms with Gasteiger partial charge in [0.25, 0.3) is 0 Å². The summed E-state index contributed by atoms with van der Waals surface area (Å²) in [6.07, 6.45) is 13.1. The van der Waals surface area contributed by atoms with Crippen molar-refractivity contribution in [2.45, 2.75) is 88.1 Å². The Morgan fingerprint density at radius 1 is 0.630 bits per heavy atom. The Morgan fingerprint density at radius 2 is 1.09 bits per heavy atom. The van der Waals surface area contributed by atoms with E-state index in [0.717, 1.165) is 19.3 Å². The largest absolute Gasteiger partial charge is 0.147 e. The molecule has 4 aromatic rings. The molecular formula is C43H50Cl2Zr. The summed E-state index contributed by atoms with van der Waals surface area (Å²) in [5.74, 6) is 0. The molecule has 0 spiro atoms. The normalized spacial score (nSPS) is 13.7. The summed E-state index contributed by atoms with van der Waals surface area (Å²) in [5.41, 5.74) is 12.2. The van der Waals surface area contributed by atoms with E-state index >= 15 is 0 Å². The first kappa shape index (κ1) is 36.5. The molecule has 0 saturated carbocycles. The Hall–Kier alpha value is -2.31. The molecule has 0 bridgehead atoms. The average Bonchev–Trinajstić information content (AvgIpc) is 3.65. The third-order valence-corrected chi connectivity index (χ3v) is 18.3. The van der Waals surface area contributed by atoms with Gasteiger partial charge in [-0.1, -0.05) is 0 Å². The quantitative estimate of drug-likeness (QED) is 0.169. The van der Waals surface area contributed by atoms with E-state index in [1.165, 1.54) is 46.2 Å². The standard InChI is InChI=1S/C21H25.C17H18.C5H5.2ClH.Zr/c1-20(2,3)16-9-7-14-11-15-8-10-17(21(4,5)6)13-19(15)18(14)12-16;1-4-10-16(11-5-1)14-8-3-9-15-17-12-6-2-7-13-17;1-2-4-5-3-1;;;/h7-13H,1-6H3;1-2,4-7,10-13H,8-9,14-15H2;1-3H,4H2;2*1H;. The molecule has 46 heavy (non-hydrogen) atoms. The predicted octanol–water partition coefficient (Wildman–Crippen LogP) is 12.1. The molecule has 0 aromatic heterocycles. The fraction of sp³-hybridized carbons (Fsp3) is 0.326. The molecule has 0 fully saturated rings. The third kappa shape index (κ3) is 8.04. The van der Waals surface area contributed by atoms with Crippen LogP contribution in [0.15, 0.2) is 119 Å². The van der Waals surface area contributed by atoms with Gasteiger partial charge in [-0.05, 0) is 0 Å². The Kier molecular flexibility index (Phi) is 12.1. The first-order chi connectivity index (χ1) is 21.1. The van der Waals surface area contributed by atoms with Crippen LogP contribution in [0.3, 0.4) is 0 Å². The zero-order valence-corrected chi connectivity index (χ0v) is 32.5. The van der Waals surface area contributed by atoms with Crippen LogP contribution in [0.25, 0.3) is 11.1 Å². The minimum atomic E-state index is -2.44. The van der Waals surface area contributed by atoms with Crippen molar-refractivity contribution in [1.82, 2.24) is 0 Å². The molecule has 2 aliphatic carbocycles. The predicted molar refractivity (Wildman–Crippen MR) is 202 cm³/mol. The number of aryl methyl sites for hydroxylation is 2. The number of hydrogen-bond donors (Lipinski definition) is 0. The molecule has 0 atom stereocenters. The van der Waals surface area contributed by atoms with E-state index in [9.17, 15) is 0 Å². The molecule has 0 radical (unpaired) electrons. The fourth-order valence-corrected chi connectivity index (χ4v) is 16.3. The first-order valence-corrected chi connectivity index (χ1v) is 20.4. The van der Waals surface area contributed by atoms with Crippen LogP contribution in [0.5, 0.6) is 0 Å². The molecule has 2 aliphatic rings. The monoisotopic (exact) mass is 726 g/mol. The molecule has 0 heterocycles. The van der Waals surface area contributed by atoms with E-state index in [1.54, 1.807) is 14.4 Å². The topological polar surface area (TPSA) is 0 Å². The summed E-state index contributed by atoms with van der Waals surface area (Å²) in [7, 11) is 0. The van der Waals surface area contributed by atoms with E-state index in [1.807, 2.05) is 3.21 Å². The fourth-order valence-electron chi connectivity index (χ4n) is 7.03. The molecule has 240 valence electrons. The molecule has 3 heteroatoms. The molecule has 0 amide bonds. The summed E-state index contributed by atoms with van der Waals surface area (Å²) in [6, 6.07) is 37.4. The van der Waals surface area contributed by atoms with Gasteiger partial charge in [-0.3, -0.25) is 0 Å². The van der Waals surface area contributed by atoms with Crippen molar-refractivity contribution in [2.24, 2.45) is 0 Å². The summed E-state index contributed by atoms with van der Waals surface area (Å²) in [5, 5.41) is 0. The maximum atomic E-state index is 2.55. The van der Waals surface area contributed by atoms with Crippen LogP contribution in [0.1, 0.15) is 97.8 Å². The van der Waals surface area contributed by atoms with Crippen LogP contribution >= 0.6 is 24.8 Å². The van der Waals surface area contributed by atoms with Gasteiger partial charge >= 0.3 is 276 Å². The Balaban J connectivity index is 0.00000240. The second-order valence-electron chi connectivity index (χ2n) is 14.8. The van der Waals surface area contributed by atoms with E-state index in [0.29, 0.717) is 3.63 Å². The summed E-state index contributed by atoms with van der Waals surface area (Å²) < 4.78 is 4.18. The van der Waals surface area contributed by atoms with Crippen molar-refractivity contribution < 1.29 is 21.3 Å². The van der Waals surface area contributed by atoms with Gasteiger partial charge in [0.15, 0.2) is 0 Å². The maximum absolute atomic E-state index is 2.55. The van der Waals surface area contributed by atoms with E-state index < -0.39 is 21.3 Å². The van der Waals surface area contributed by atoms with Gasteiger partial charge in [0.05, 0.1) is 0 Å². The zero-order chi connectivity index (χ0) is 30.9. The van der Waals surface area contributed by atoms with E-state index in [2.05, 4.69) is 157 Å². The second kappa shape index (κ2) is 15.3. The van der Waals surface area contributed by atoms with Crippen LogP contribution in [-0.2, 0) is 44.9 Å². The van der Waals surface area contributed by atoms with Crippen molar-refractivity contribution in [3.63, 3.8) is 0 Å². The van der Waals surface area contributed by atoms with Crippen LogP contribution in [0.2, 0.25) is 0 Å². The smallest absolute Gasteiger partial charge is 0.147 e. The van der Waals surface area contributed by atoms with Crippen molar-refractivity contribution in [1.29, 1.82) is 0 Å². The van der Waals surface area contributed by atoms with Crippen molar-refractivity contribution in [3.05, 3.63) is 152 Å². The van der Waals surface area contributed by atoms with Gasteiger partial charge in [0.1, 0.15) is 0 Å². The number of rotatable bonds is 8. The second-order valence-corrected chi connectivity index (χ2v) is 21.6. The van der Waals surface area contributed by atoms with Gasteiger partial charge in [-0.2, -0.15) is 0 Å². The minimum Gasteiger partial charge on any atom is -0.147 e. The summed E-state index contributed by atoms with van der Waals surface area (Å²) in [6.45, 7) is 14.1. The van der Waals surface area contributed by atoms with Crippen LogP contribution in [-0.4, -0.2) is 3.21 Å². The summed E-state index contributed by atoms with van der Waals surface area (Å²) in [4.78, 5) is 0. The van der Waals surface area contributed by atoms with Crippen LogP contribution in [0.4, 0.5) is 0 Å². The Labute approximate surface area is 298 Å². The van der Waals surface area contributed by atoms with E-state index in [4.69, 9.17) is 0 Å². The maximum Gasteiger partial charge on any atom is -0.147 e. The van der Waals surface area contributed by atoms with Crippen LogP contribution in [0, 0.1) is 0 Å². The van der Waals surface area contributed by atoms with Crippen LogP contribution < -0.4 is 0 Å². The third-order valence-electron chi connectivity index (χ3n) is 9.65. The van der Waals surface area contributed by atoms with Crippen molar-refractivity contribution in [2.75, 3.05) is 0 Å². The Morgan fingerprint density at radius 3 is 1.48 bits per heavy atom. The Bertz CT molecular complexity index is 1620. The van der Waals surface area contributed by atoms with Gasteiger partial charge in [0.2, 0.25) is 0 Å². The first-order valence-electron chi connectivity index (χ1n) is 16.5. The van der Waals surface area contributed by atoms with Crippen molar-refractivity contribution in [3.8, 4) is 11.1 Å². The molecule has 4 aromatic carbocycles. The van der Waals surface area contributed by atoms with Crippen molar-refractivity contribution >= 4 is 28.0 Å². The van der Waals surface area contributed by atoms with Gasteiger partial charge < -0.3 is 0 Å². The number of hydrogen-bond acceptors (Lipinski definition) is 0. The molecular weight excluding hydrogens is 679 g/mol. The SMILES string of the molecule is CC(C)(C)c1ccc2c(c1)-c1cc(C(C)(C)C)ccc1[CH]2[Zr]([C]1=CC=CC1)=[C](CCc1ccccc1)CCc1ccccc1.Cl.Cl. The number of allylic oxidation sites excluding steroid dienone is 4. The average molecular weight is 729 g/mol. The molecule has 6 rings (SSSR count). The number of halogens is 2. The molecule has 0 saturated heterocycles. The van der Waals surface area contributed by atoms with Gasteiger partial charge in [-0.25, -0.2) is 0 Å². The molecule has 0 unspecified atom stereocenters. The number of fused-ring (bicyclic) bond motifs is 3. The molecule has 0 N–H and O–H groups in total. The van der Waals surface area contributed by atoms with Gasteiger partial charge in [0, 0.05) is 0 Å². The summed E-state index contributed by atoms with van der Waals surface area (Å²) >= 11 is -2.44. The van der Waals surface area contributed by atoms with Gasteiger partial charge in [-0.15, -0.1) is 24.8 Å². The minimum absolute atomic E-state index is 0. The zero-order valence-electron chi connectivity index (χ0n) is 28.4. The van der Waals surface area contributed by atoms with E-state index in [-0.39, 0.29) is 35.6 Å².